The van der Waals surface area contributed by atoms with Crippen LogP contribution in [0.25, 0.3) is 0 Å². The summed E-state index contributed by atoms with van der Waals surface area (Å²) in [7, 11) is 0. The number of benzene rings is 2. The molecule has 0 unspecified atom stereocenters. The van der Waals surface area contributed by atoms with Crippen LogP contribution in [0.3, 0.4) is 0 Å². The van der Waals surface area contributed by atoms with E-state index in [4.69, 9.17) is 0 Å². The molecule has 26 heavy (non-hydrogen) atoms. The summed E-state index contributed by atoms with van der Waals surface area (Å²) in [5, 5.41) is 10.6. The number of hydrogen-bond donors (Lipinski definition) is 4. The minimum atomic E-state index is -0.463. The second-order valence-corrected chi connectivity index (χ2v) is 5.88. The Balaban J connectivity index is 1.89. The highest BCUT2D eigenvalue weighted by Gasteiger charge is 2.10. The number of carbonyl (C=O) groups is 3. The fourth-order valence-corrected chi connectivity index (χ4v) is 2.35. The number of hydrogen-bond acceptors (Lipinski definition) is 3. The van der Waals surface area contributed by atoms with Crippen LogP contribution in [-0.4, -0.2) is 24.4 Å². The lowest BCUT2D eigenvalue weighted by Crippen LogP contribution is -2.35. The number of rotatable bonds is 5. The average molecular weight is 354 g/mol. The molecule has 2 aromatic carbocycles. The molecule has 0 radical (unpaired) electrons. The van der Waals surface area contributed by atoms with Gasteiger partial charge in [0.1, 0.15) is 0 Å². The number of amides is 4. The Bertz CT molecular complexity index is 833. The summed E-state index contributed by atoms with van der Waals surface area (Å²) in [6, 6.07) is 12.1. The monoisotopic (exact) mass is 354 g/mol. The van der Waals surface area contributed by atoms with Gasteiger partial charge in [0.2, 0.25) is 11.8 Å². The molecular weight excluding hydrogens is 332 g/mol. The van der Waals surface area contributed by atoms with E-state index in [1.54, 1.807) is 31.2 Å². The van der Waals surface area contributed by atoms with Crippen LogP contribution in [0, 0.1) is 13.8 Å². The third-order valence-corrected chi connectivity index (χ3v) is 3.60. The summed E-state index contributed by atoms with van der Waals surface area (Å²) in [4.78, 5) is 35.1. The lowest BCUT2D eigenvalue weighted by molar-refractivity contribution is -0.115. The van der Waals surface area contributed by atoms with Crippen molar-refractivity contribution in [1.82, 2.24) is 5.32 Å². The molecule has 0 saturated carbocycles. The van der Waals surface area contributed by atoms with Gasteiger partial charge >= 0.3 is 6.03 Å². The van der Waals surface area contributed by atoms with E-state index in [-0.39, 0.29) is 18.4 Å². The molecule has 7 heteroatoms. The molecular formula is C19H22N4O3. The maximum Gasteiger partial charge on any atom is 0.319 e. The van der Waals surface area contributed by atoms with Gasteiger partial charge in [-0.1, -0.05) is 18.2 Å². The van der Waals surface area contributed by atoms with Crippen molar-refractivity contribution in [2.24, 2.45) is 0 Å². The zero-order valence-corrected chi connectivity index (χ0v) is 15.0. The molecule has 0 aliphatic rings. The molecule has 136 valence electrons. The maximum absolute atomic E-state index is 12.1. The highest BCUT2D eigenvalue weighted by Crippen LogP contribution is 2.23. The summed E-state index contributed by atoms with van der Waals surface area (Å²) in [5.74, 6) is -0.557. The largest absolute Gasteiger partial charge is 0.329 e. The van der Waals surface area contributed by atoms with E-state index in [1.165, 1.54) is 6.92 Å². The van der Waals surface area contributed by atoms with E-state index in [1.807, 2.05) is 25.1 Å². The van der Waals surface area contributed by atoms with Gasteiger partial charge in [0.25, 0.3) is 0 Å². The van der Waals surface area contributed by atoms with E-state index >= 15 is 0 Å². The summed E-state index contributed by atoms with van der Waals surface area (Å²) in [5.41, 5.74) is 3.61. The molecule has 2 rings (SSSR count). The molecule has 4 N–H and O–H groups in total. The number of carbonyl (C=O) groups excluding carboxylic acids is 3. The van der Waals surface area contributed by atoms with Crippen LogP contribution < -0.4 is 21.3 Å². The highest BCUT2D eigenvalue weighted by atomic mass is 16.2. The number of anilines is 3. The molecule has 7 nitrogen and oxygen atoms in total. The Kier molecular flexibility index (Phi) is 6.32. The van der Waals surface area contributed by atoms with Crippen LogP contribution in [0.4, 0.5) is 21.9 Å². The summed E-state index contributed by atoms with van der Waals surface area (Å²) in [6.07, 6.45) is 0. The molecule has 0 atom stereocenters. The second kappa shape index (κ2) is 8.66. The van der Waals surface area contributed by atoms with Crippen molar-refractivity contribution in [2.45, 2.75) is 20.8 Å². The first-order valence-electron chi connectivity index (χ1n) is 8.13. The Labute approximate surface area is 152 Å². The van der Waals surface area contributed by atoms with Gasteiger partial charge < -0.3 is 21.3 Å². The molecule has 0 aliphatic carbocycles. The van der Waals surface area contributed by atoms with E-state index < -0.39 is 6.03 Å². The van der Waals surface area contributed by atoms with Gasteiger partial charge in [-0.3, -0.25) is 9.59 Å². The van der Waals surface area contributed by atoms with Crippen LogP contribution in [0.2, 0.25) is 0 Å². The van der Waals surface area contributed by atoms with Gasteiger partial charge in [-0.15, -0.1) is 0 Å². The van der Waals surface area contributed by atoms with Crippen LogP contribution >= 0.6 is 0 Å². The average Bonchev–Trinajstić information content (AvgIpc) is 2.56. The third kappa shape index (κ3) is 5.62. The maximum atomic E-state index is 12.1. The fraction of sp³-hybridized carbons (Fsp3) is 0.211. The minimum Gasteiger partial charge on any atom is -0.329 e. The Hall–Kier alpha value is -3.35. The predicted octanol–water partition coefficient (Wildman–Crippen LogP) is 3.02. The summed E-state index contributed by atoms with van der Waals surface area (Å²) < 4.78 is 0. The van der Waals surface area contributed by atoms with Crippen molar-refractivity contribution < 1.29 is 14.4 Å². The van der Waals surface area contributed by atoms with Crippen molar-refractivity contribution >= 4 is 34.9 Å². The molecule has 2 aromatic rings. The number of aryl methyl sites for hydroxylation is 1. The molecule has 4 amide bonds. The van der Waals surface area contributed by atoms with Crippen molar-refractivity contribution in [3.05, 3.63) is 53.6 Å². The number of nitrogens with one attached hydrogen (secondary N) is 4. The van der Waals surface area contributed by atoms with Crippen LogP contribution in [0.5, 0.6) is 0 Å². The van der Waals surface area contributed by atoms with E-state index in [2.05, 4.69) is 21.3 Å². The first kappa shape index (κ1) is 19.0. The zero-order chi connectivity index (χ0) is 19.1. The smallest absolute Gasteiger partial charge is 0.319 e. The van der Waals surface area contributed by atoms with Gasteiger partial charge in [-0.25, -0.2) is 4.79 Å². The summed E-state index contributed by atoms with van der Waals surface area (Å²) in [6.45, 7) is 4.95. The minimum absolute atomic E-state index is 0.179. The Morgan fingerprint density at radius 1 is 0.885 bits per heavy atom. The van der Waals surface area contributed by atoms with Crippen molar-refractivity contribution in [2.75, 3.05) is 22.5 Å². The molecule has 0 aliphatic heterocycles. The number of urea groups is 1. The lowest BCUT2D eigenvalue weighted by Gasteiger charge is -2.13. The van der Waals surface area contributed by atoms with Gasteiger partial charge in [-0.05, 0) is 49.2 Å². The third-order valence-electron chi connectivity index (χ3n) is 3.60. The second-order valence-electron chi connectivity index (χ2n) is 5.88. The van der Waals surface area contributed by atoms with Gasteiger partial charge in [-0.2, -0.15) is 0 Å². The molecule has 0 aromatic heterocycles. The van der Waals surface area contributed by atoms with Crippen LogP contribution in [0.15, 0.2) is 42.5 Å². The van der Waals surface area contributed by atoms with Crippen molar-refractivity contribution in [1.29, 1.82) is 0 Å². The molecule has 0 fully saturated rings. The normalized spacial score (nSPS) is 9.96. The fourth-order valence-electron chi connectivity index (χ4n) is 2.35. The summed E-state index contributed by atoms with van der Waals surface area (Å²) >= 11 is 0. The standard InChI is InChI=1S/C19H22N4O3/c1-12-6-4-7-15(10-12)22-19(26)20-11-18(25)23-17-9-5-8-16(13(17)2)21-14(3)24/h4-10H,11H2,1-3H3,(H,21,24)(H,23,25)(H2,20,22,26). The molecule has 0 spiro atoms. The van der Waals surface area contributed by atoms with Crippen LogP contribution in [0.1, 0.15) is 18.1 Å². The SMILES string of the molecule is CC(=O)Nc1cccc(NC(=O)CNC(=O)Nc2cccc(C)c2)c1C. The van der Waals surface area contributed by atoms with Crippen molar-refractivity contribution in [3.63, 3.8) is 0 Å². The predicted molar refractivity (Wildman–Crippen MR) is 102 cm³/mol. The van der Waals surface area contributed by atoms with Crippen LogP contribution in [-0.2, 0) is 9.59 Å². The Morgan fingerprint density at radius 3 is 2.19 bits per heavy atom. The van der Waals surface area contributed by atoms with Gasteiger partial charge in [0.05, 0.1) is 6.54 Å². The quantitative estimate of drug-likeness (QED) is 0.664. The van der Waals surface area contributed by atoms with Gasteiger partial charge in [0, 0.05) is 24.0 Å². The first-order valence-corrected chi connectivity index (χ1v) is 8.13. The lowest BCUT2D eigenvalue weighted by atomic mass is 10.1. The van der Waals surface area contributed by atoms with E-state index in [9.17, 15) is 14.4 Å². The Morgan fingerprint density at radius 2 is 1.54 bits per heavy atom. The molecule has 0 bridgehead atoms. The first-order chi connectivity index (χ1) is 12.3. The van der Waals surface area contributed by atoms with E-state index in [0.29, 0.717) is 17.1 Å². The topological polar surface area (TPSA) is 99.3 Å². The highest BCUT2D eigenvalue weighted by molar-refractivity contribution is 5.98. The van der Waals surface area contributed by atoms with E-state index in [0.717, 1.165) is 11.1 Å². The van der Waals surface area contributed by atoms with Gasteiger partial charge in [0.15, 0.2) is 0 Å². The zero-order valence-electron chi connectivity index (χ0n) is 15.0. The molecule has 0 saturated heterocycles. The molecule has 0 heterocycles. The van der Waals surface area contributed by atoms with Crippen molar-refractivity contribution in [3.8, 4) is 0 Å².